The Kier molecular flexibility index (Phi) is 6.55. The number of aromatic nitrogens is 5. The van der Waals surface area contributed by atoms with Gasteiger partial charge < -0.3 is 10.6 Å². The highest BCUT2D eigenvalue weighted by Gasteiger charge is 2.31. The summed E-state index contributed by atoms with van der Waals surface area (Å²) in [6, 6.07) is 8.98. The summed E-state index contributed by atoms with van der Waals surface area (Å²) in [5.74, 6) is -1.15. The molecule has 0 saturated carbocycles. The van der Waals surface area contributed by atoms with E-state index in [0.29, 0.717) is 9.47 Å². The maximum absolute atomic E-state index is 13.7. The average Bonchev–Trinajstić information content (AvgIpc) is 3.46. The van der Waals surface area contributed by atoms with Crippen molar-refractivity contribution in [3.8, 4) is 5.69 Å². The maximum Gasteiger partial charge on any atom is 0.416 e. The number of amides is 1. The van der Waals surface area contributed by atoms with E-state index < -0.39 is 23.5 Å². The molecule has 4 rings (SSSR count). The van der Waals surface area contributed by atoms with Gasteiger partial charge in [-0.3, -0.25) is 4.79 Å². The highest BCUT2D eigenvalue weighted by atomic mass is 32.2. The normalized spacial score (nSPS) is 11.4. The fraction of sp³-hybridized carbons (Fsp3) is 0.105. The van der Waals surface area contributed by atoms with Crippen LogP contribution in [0.3, 0.4) is 0 Å². The first-order valence-electron chi connectivity index (χ1n) is 9.13. The molecule has 0 fully saturated rings. The Hall–Kier alpha value is -3.52. The fourth-order valence-electron chi connectivity index (χ4n) is 2.65. The Balaban J connectivity index is 1.43. The molecule has 2 N–H and O–H groups in total. The van der Waals surface area contributed by atoms with E-state index >= 15 is 0 Å². The maximum atomic E-state index is 13.7. The zero-order valence-electron chi connectivity index (χ0n) is 16.4. The van der Waals surface area contributed by atoms with Crippen LogP contribution >= 0.6 is 23.1 Å². The third kappa shape index (κ3) is 5.64. The number of thioether (sulfide) groups is 1. The number of carbonyl (C=O) groups is 1. The van der Waals surface area contributed by atoms with E-state index in [1.807, 2.05) is 0 Å². The van der Waals surface area contributed by atoms with Gasteiger partial charge in [-0.1, -0.05) is 35.2 Å². The summed E-state index contributed by atoms with van der Waals surface area (Å²) in [4.78, 5) is 16.2. The predicted molar refractivity (Wildman–Crippen MR) is 115 cm³/mol. The third-order valence-corrected chi connectivity index (χ3v) is 6.08. The van der Waals surface area contributed by atoms with Gasteiger partial charge in [0, 0.05) is 0 Å². The second-order valence-electron chi connectivity index (χ2n) is 6.38. The molecular formula is C19H13F4N7OS2. The number of para-hydroxylation sites is 1. The van der Waals surface area contributed by atoms with Gasteiger partial charge in [0.2, 0.25) is 11.0 Å². The summed E-state index contributed by atoms with van der Waals surface area (Å²) >= 11 is 2.14. The van der Waals surface area contributed by atoms with Crippen molar-refractivity contribution in [2.75, 3.05) is 16.4 Å². The first kappa shape index (κ1) is 22.7. The van der Waals surface area contributed by atoms with Crippen molar-refractivity contribution in [2.45, 2.75) is 10.5 Å². The number of nitrogens with zero attached hydrogens (tertiary/aromatic N) is 5. The number of hydrogen-bond donors (Lipinski definition) is 2. The molecule has 1 amide bonds. The van der Waals surface area contributed by atoms with E-state index in [1.54, 1.807) is 18.2 Å². The molecule has 0 spiro atoms. The van der Waals surface area contributed by atoms with Gasteiger partial charge in [0.25, 0.3) is 0 Å². The molecule has 0 atom stereocenters. The van der Waals surface area contributed by atoms with Crippen molar-refractivity contribution in [2.24, 2.45) is 0 Å². The predicted octanol–water partition coefficient (Wildman–Crippen LogP) is 4.75. The third-order valence-electron chi connectivity index (χ3n) is 4.11. The zero-order valence-corrected chi connectivity index (χ0v) is 18.0. The van der Waals surface area contributed by atoms with Gasteiger partial charge >= 0.3 is 6.18 Å². The lowest BCUT2D eigenvalue weighted by Gasteiger charge is -2.14. The van der Waals surface area contributed by atoms with E-state index in [1.165, 1.54) is 29.5 Å². The van der Waals surface area contributed by atoms with Gasteiger partial charge in [-0.05, 0) is 30.3 Å². The summed E-state index contributed by atoms with van der Waals surface area (Å²) in [5, 5.41) is 17.3. The molecule has 4 aromatic rings. The lowest BCUT2D eigenvalue weighted by atomic mass is 10.1. The molecule has 0 bridgehead atoms. The van der Waals surface area contributed by atoms with Gasteiger partial charge in [0.15, 0.2) is 4.34 Å². The van der Waals surface area contributed by atoms with Crippen LogP contribution in [0.15, 0.2) is 59.5 Å². The van der Waals surface area contributed by atoms with Crippen molar-refractivity contribution >= 4 is 45.5 Å². The van der Waals surface area contributed by atoms with Crippen LogP contribution in [0.5, 0.6) is 0 Å². The Morgan fingerprint density at radius 2 is 1.94 bits per heavy atom. The van der Waals surface area contributed by atoms with Gasteiger partial charge in [-0.15, -0.1) is 10.2 Å². The van der Waals surface area contributed by atoms with E-state index in [9.17, 15) is 22.4 Å². The van der Waals surface area contributed by atoms with Crippen LogP contribution in [0, 0.1) is 5.82 Å². The Morgan fingerprint density at radius 1 is 1.12 bits per heavy atom. The van der Waals surface area contributed by atoms with Crippen LogP contribution in [-0.4, -0.2) is 36.6 Å². The number of carbonyl (C=O) groups excluding carboxylic acids is 1. The molecule has 0 unspecified atom stereocenters. The molecular weight excluding hydrogens is 482 g/mol. The lowest BCUT2D eigenvalue weighted by Crippen LogP contribution is -2.17. The first-order chi connectivity index (χ1) is 15.8. The molecule has 170 valence electrons. The summed E-state index contributed by atoms with van der Waals surface area (Å²) in [7, 11) is 0. The number of anilines is 3. The summed E-state index contributed by atoms with van der Waals surface area (Å²) in [5.41, 5.74) is -0.526. The molecule has 2 heterocycles. The number of halogens is 4. The van der Waals surface area contributed by atoms with Crippen LogP contribution in [0.25, 0.3) is 5.69 Å². The molecule has 14 heteroatoms. The summed E-state index contributed by atoms with van der Waals surface area (Å²) < 4.78 is 54.8. The minimum Gasteiger partial charge on any atom is -0.328 e. The van der Waals surface area contributed by atoms with Crippen molar-refractivity contribution in [1.29, 1.82) is 0 Å². The SMILES string of the molecule is O=C(CSc1nnc(Nc2ccccc2F)s1)Nc1cc(C(F)(F)F)ccc1-n1cncn1. The first-order valence-corrected chi connectivity index (χ1v) is 10.9. The number of hydrogen-bond acceptors (Lipinski definition) is 8. The van der Waals surface area contributed by atoms with E-state index in [0.717, 1.165) is 35.2 Å². The Labute approximate surface area is 192 Å². The molecule has 0 aliphatic heterocycles. The molecule has 0 aliphatic carbocycles. The van der Waals surface area contributed by atoms with Crippen LogP contribution in [-0.2, 0) is 11.0 Å². The molecule has 0 radical (unpaired) electrons. The second kappa shape index (κ2) is 9.54. The van der Waals surface area contributed by atoms with Crippen LogP contribution < -0.4 is 10.6 Å². The smallest absolute Gasteiger partial charge is 0.328 e. The monoisotopic (exact) mass is 495 g/mol. The number of nitrogens with one attached hydrogen (secondary N) is 2. The standard InChI is InChI=1S/C19H13F4N7OS2/c20-12-3-1-2-4-13(12)27-17-28-29-18(33-17)32-8-16(31)26-14-7-11(19(21,22)23)5-6-15(14)30-10-24-9-25-30/h1-7,9-10H,8H2,(H,26,31)(H,27,28). The quantitative estimate of drug-likeness (QED) is 0.282. The summed E-state index contributed by atoms with van der Waals surface area (Å²) in [6.45, 7) is 0. The molecule has 2 aromatic carbocycles. The largest absolute Gasteiger partial charge is 0.416 e. The Bertz CT molecular complexity index is 1260. The molecule has 0 aliphatic rings. The lowest BCUT2D eigenvalue weighted by molar-refractivity contribution is -0.137. The van der Waals surface area contributed by atoms with Crippen molar-refractivity contribution in [3.63, 3.8) is 0 Å². The van der Waals surface area contributed by atoms with Crippen molar-refractivity contribution in [1.82, 2.24) is 25.0 Å². The molecule has 33 heavy (non-hydrogen) atoms. The van der Waals surface area contributed by atoms with Crippen molar-refractivity contribution < 1.29 is 22.4 Å². The van der Waals surface area contributed by atoms with E-state index in [-0.39, 0.29) is 22.8 Å². The summed E-state index contributed by atoms with van der Waals surface area (Å²) in [6.07, 6.45) is -2.05. The van der Waals surface area contributed by atoms with Gasteiger partial charge in [0.05, 0.1) is 28.4 Å². The van der Waals surface area contributed by atoms with E-state index in [4.69, 9.17) is 0 Å². The molecule has 0 saturated heterocycles. The van der Waals surface area contributed by atoms with Crippen molar-refractivity contribution in [3.05, 3.63) is 66.5 Å². The molecule has 8 nitrogen and oxygen atoms in total. The Morgan fingerprint density at radius 3 is 2.67 bits per heavy atom. The number of rotatable bonds is 7. The van der Waals surface area contributed by atoms with E-state index in [2.05, 4.69) is 30.9 Å². The van der Waals surface area contributed by atoms with Crippen LogP contribution in [0.1, 0.15) is 5.56 Å². The van der Waals surface area contributed by atoms with Gasteiger partial charge in [-0.25, -0.2) is 14.1 Å². The highest BCUT2D eigenvalue weighted by Crippen LogP contribution is 2.34. The topological polar surface area (TPSA) is 97.6 Å². The average molecular weight is 495 g/mol. The molecule has 2 aromatic heterocycles. The number of benzene rings is 2. The van der Waals surface area contributed by atoms with Gasteiger partial charge in [0.1, 0.15) is 18.5 Å². The second-order valence-corrected chi connectivity index (χ2v) is 8.58. The number of alkyl halides is 3. The minimum absolute atomic E-state index is 0.0694. The highest BCUT2D eigenvalue weighted by molar-refractivity contribution is 8.01. The van der Waals surface area contributed by atoms with Gasteiger partial charge in [-0.2, -0.15) is 18.3 Å². The fourth-order valence-corrected chi connectivity index (χ4v) is 4.22. The van der Waals surface area contributed by atoms with Crippen LogP contribution in [0.4, 0.5) is 34.1 Å². The minimum atomic E-state index is -4.58. The van der Waals surface area contributed by atoms with Crippen LogP contribution in [0.2, 0.25) is 0 Å². The zero-order chi connectivity index (χ0) is 23.4.